The van der Waals surface area contributed by atoms with Crippen LogP contribution in [-0.2, 0) is 40.3 Å². The Bertz CT molecular complexity index is 1270. The molecule has 0 radical (unpaired) electrons. The van der Waals surface area contributed by atoms with Crippen LogP contribution in [-0.4, -0.2) is 30.3 Å². The van der Waals surface area contributed by atoms with Crippen LogP contribution in [0.15, 0.2) is 121 Å². The Kier molecular flexibility index (Phi) is 10.5. The van der Waals surface area contributed by atoms with Gasteiger partial charge in [0.2, 0.25) is 0 Å². The van der Waals surface area contributed by atoms with E-state index >= 15 is 8.78 Å². The van der Waals surface area contributed by atoms with Gasteiger partial charge in [-0.2, -0.15) is 0 Å². The Balaban J connectivity index is 1.38. The quantitative estimate of drug-likeness (QED) is 0.161. The van der Waals surface area contributed by atoms with E-state index in [4.69, 9.17) is 14.2 Å². The van der Waals surface area contributed by atoms with Crippen LogP contribution in [0.5, 0.6) is 0 Å². The van der Waals surface area contributed by atoms with Gasteiger partial charge in [-0.3, -0.25) is 0 Å². The molecule has 1 saturated heterocycles. The van der Waals surface area contributed by atoms with Crippen molar-refractivity contribution in [3.05, 3.63) is 144 Å². The molecule has 3 nitrogen and oxygen atoms in total. The third-order valence-electron chi connectivity index (χ3n) is 8.24. The number of benzene rings is 4. The molecule has 1 fully saturated rings. The lowest BCUT2D eigenvalue weighted by Crippen LogP contribution is -2.55. The SMILES string of the molecule is CC(OCc1ccccc1)C(F)(F)C1CC(OCc2ccccc2)C(Cc2ccccc2)C(CCc2ccccc2)O1. The molecule has 0 bridgehead atoms. The normalized spacial score (nSPS) is 21.6. The molecule has 42 heavy (non-hydrogen) atoms. The van der Waals surface area contributed by atoms with E-state index in [1.54, 1.807) is 0 Å². The molecule has 4 aromatic carbocycles. The Hall–Kier alpha value is -3.38. The summed E-state index contributed by atoms with van der Waals surface area (Å²) < 4.78 is 50.9. The minimum Gasteiger partial charge on any atom is -0.373 e. The van der Waals surface area contributed by atoms with Crippen molar-refractivity contribution in [1.29, 1.82) is 0 Å². The maximum atomic E-state index is 16.1. The van der Waals surface area contributed by atoms with Crippen molar-refractivity contribution < 1.29 is 23.0 Å². The number of alkyl halides is 2. The highest BCUT2D eigenvalue weighted by Gasteiger charge is 2.53. The van der Waals surface area contributed by atoms with Crippen LogP contribution in [0.3, 0.4) is 0 Å². The van der Waals surface area contributed by atoms with Crippen molar-refractivity contribution in [1.82, 2.24) is 0 Å². The van der Waals surface area contributed by atoms with Crippen LogP contribution in [0.4, 0.5) is 8.78 Å². The Morgan fingerprint density at radius 1 is 0.714 bits per heavy atom. The molecule has 1 aliphatic heterocycles. The van der Waals surface area contributed by atoms with Crippen molar-refractivity contribution in [3.63, 3.8) is 0 Å². The molecule has 1 heterocycles. The molecule has 0 saturated carbocycles. The number of aryl methyl sites for hydroxylation is 1. The number of halogens is 2. The Labute approximate surface area is 248 Å². The van der Waals surface area contributed by atoms with Crippen LogP contribution in [0.25, 0.3) is 0 Å². The maximum Gasteiger partial charge on any atom is 0.299 e. The average molecular weight is 571 g/mol. The largest absolute Gasteiger partial charge is 0.373 e. The lowest BCUT2D eigenvalue weighted by molar-refractivity contribution is -0.259. The fourth-order valence-electron chi connectivity index (χ4n) is 5.76. The summed E-state index contributed by atoms with van der Waals surface area (Å²) in [6, 6.07) is 39.7. The van der Waals surface area contributed by atoms with Crippen molar-refractivity contribution >= 4 is 0 Å². The summed E-state index contributed by atoms with van der Waals surface area (Å²) in [6.07, 6.45) is -1.31. The zero-order valence-electron chi connectivity index (χ0n) is 24.2. The minimum atomic E-state index is -3.20. The smallest absolute Gasteiger partial charge is 0.299 e. The lowest BCUT2D eigenvalue weighted by atomic mass is 9.80. The van der Waals surface area contributed by atoms with E-state index in [2.05, 4.69) is 24.3 Å². The van der Waals surface area contributed by atoms with Gasteiger partial charge in [0.1, 0.15) is 12.2 Å². The molecule has 5 atom stereocenters. The van der Waals surface area contributed by atoms with Gasteiger partial charge in [-0.15, -0.1) is 0 Å². The molecule has 0 aromatic heterocycles. The summed E-state index contributed by atoms with van der Waals surface area (Å²) >= 11 is 0. The number of hydrogen-bond acceptors (Lipinski definition) is 3. The monoisotopic (exact) mass is 570 g/mol. The average Bonchev–Trinajstić information content (AvgIpc) is 3.04. The molecule has 0 spiro atoms. The van der Waals surface area contributed by atoms with E-state index in [9.17, 15) is 0 Å². The van der Waals surface area contributed by atoms with E-state index in [-0.39, 0.29) is 18.9 Å². The highest BCUT2D eigenvalue weighted by molar-refractivity contribution is 5.18. The van der Waals surface area contributed by atoms with E-state index in [1.165, 1.54) is 6.92 Å². The van der Waals surface area contributed by atoms with Gasteiger partial charge in [0.05, 0.1) is 25.4 Å². The molecule has 0 aliphatic carbocycles. The Morgan fingerprint density at radius 3 is 1.79 bits per heavy atom. The van der Waals surface area contributed by atoms with Crippen LogP contribution in [0.1, 0.15) is 42.0 Å². The van der Waals surface area contributed by atoms with Crippen LogP contribution >= 0.6 is 0 Å². The summed E-state index contributed by atoms with van der Waals surface area (Å²) in [4.78, 5) is 0. The summed E-state index contributed by atoms with van der Waals surface area (Å²) in [7, 11) is 0. The molecule has 5 unspecified atom stereocenters. The summed E-state index contributed by atoms with van der Waals surface area (Å²) in [5, 5.41) is 0. The second kappa shape index (κ2) is 14.7. The fraction of sp³-hybridized carbons (Fsp3) is 0.351. The van der Waals surface area contributed by atoms with Crippen LogP contribution in [0, 0.1) is 5.92 Å². The highest BCUT2D eigenvalue weighted by atomic mass is 19.3. The minimum absolute atomic E-state index is 0.0765. The van der Waals surface area contributed by atoms with Crippen molar-refractivity contribution in [3.8, 4) is 0 Å². The summed E-state index contributed by atoms with van der Waals surface area (Å²) in [5.41, 5.74) is 4.19. The van der Waals surface area contributed by atoms with Crippen LogP contribution < -0.4 is 0 Å². The third-order valence-corrected chi connectivity index (χ3v) is 8.24. The van der Waals surface area contributed by atoms with E-state index < -0.39 is 30.3 Å². The van der Waals surface area contributed by atoms with Crippen molar-refractivity contribution in [2.24, 2.45) is 5.92 Å². The maximum absolute atomic E-state index is 16.1. The van der Waals surface area contributed by atoms with Crippen molar-refractivity contribution in [2.75, 3.05) is 0 Å². The molecular formula is C37H40F2O3. The molecule has 4 aromatic rings. The lowest BCUT2D eigenvalue weighted by Gasteiger charge is -2.45. The second-order valence-electron chi connectivity index (χ2n) is 11.2. The van der Waals surface area contributed by atoms with Gasteiger partial charge in [-0.1, -0.05) is 121 Å². The number of hydrogen-bond donors (Lipinski definition) is 0. The van der Waals surface area contributed by atoms with Gasteiger partial charge in [0.15, 0.2) is 0 Å². The molecule has 0 N–H and O–H groups in total. The van der Waals surface area contributed by atoms with E-state index in [1.807, 2.05) is 97.1 Å². The number of ether oxygens (including phenoxy) is 3. The van der Waals surface area contributed by atoms with Gasteiger partial charge >= 0.3 is 0 Å². The first-order valence-corrected chi connectivity index (χ1v) is 14.9. The summed E-state index contributed by atoms with van der Waals surface area (Å²) in [5.74, 6) is -3.28. The molecule has 5 rings (SSSR count). The predicted octanol–water partition coefficient (Wildman–Crippen LogP) is 8.46. The molecule has 5 heteroatoms. The van der Waals surface area contributed by atoms with Crippen molar-refractivity contribution in [2.45, 2.75) is 76.2 Å². The first-order chi connectivity index (χ1) is 20.5. The second-order valence-corrected chi connectivity index (χ2v) is 11.2. The zero-order chi connectivity index (χ0) is 29.2. The van der Waals surface area contributed by atoms with Gasteiger partial charge in [-0.05, 0) is 48.4 Å². The van der Waals surface area contributed by atoms with Gasteiger partial charge in [-0.25, -0.2) is 8.78 Å². The van der Waals surface area contributed by atoms with Gasteiger partial charge < -0.3 is 14.2 Å². The van der Waals surface area contributed by atoms with Crippen LogP contribution in [0.2, 0.25) is 0 Å². The predicted molar refractivity (Wildman–Crippen MR) is 162 cm³/mol. The molecular weight excluding hydrogens is 530 g/mol. The van der Waals surface area contributed by atoms with Gasteiger partial charge in [0.25, 0.3) is 5.92 Å². The first kappa shape index (κ1) is 30.1. The highest BCUT2D eigenvalue weighted by Crippen LogP contribution is 2.41. The third kappa shape index (κ3) is 8.13. The standard InChI is InChI=1S/C37H40F2O3/c1-28(40-26-31-18-10-4-11-19-31)37(38,39)36-25-35(41-27-32-20-12-5-13-21-32)33(24-30-16-8-3-9-17-30)34(42-36)23-22-29-14-6-2-7-15-29/h2-21,28,33-36H,22-27H2,1H3. The molecule has 1 aliphatic rings. The summed E-state index contributed by atoms with van der Waals surface area (Å²) in [6.45, 7) is 1.92. The molecule has 0 amide bonds. The zero-order valence-corrected chi connectivity index (χ0v) is 24.2. The molecule has 220 valence electrons. The van der Waals surface area contributed by atoms with Gasteiger partial charge in [0, 0.05) is 12.3 Å². The fourth-order valence-corrected chi connectivity index (χ4v) is 5.76. The topological polar surface area (TPSA) is 27.7 Å². The van der Waals surface area contributed by atoms with E-state index in [0.717, 1.165) is 28.7 Å². The first-order valence-electron chi connectivity index (χ1n) is 14.9. The van der Waals surface area contributed by atoms with E-state index in [0.29, 0.717) is 19.4 Å². The number of rotatable bonds is 13. The Morgan fingerprint density at radius 2 is 1.21 bits per heavy atom.